The Morgan fingerprint density at radius 2 is 2.04 bits per heavy atom. The van der Waals surface area contributed by atoms with Crippen LogP contribution in [0.1, 0.15) is 23.7 Å². The minimum absolute atomic E-state index is 0.0998. The van der Waals surface area contributed by atoms with Gasteiger partial charge in [-0.15, -0.1) is 0 Å². The number of amides is 2. The van der Waals surface area contributed by atoms with Gasteiger partial charge in [0.1, 0.15) is 11.7 Å². The number of ether oxygens (including phenoxy) is 2. The van der Waals surface area contributed by atoms with E-state index in [2.05, 4.69) is 4.98 Å². The van der Waals surface area contributed by atoms with Gasteiger partial charge in [-0.05, 0) is 31.2 Å². The second-order valence-electron chi connectivity index (χ2n) is 5.94. The first kappa shape index (κ1) is 17.8. The summed E-state index contributed by atoms with van der Waals surface area (Å²) in [6.07, 6.45) is 2.42. The number of hydrogen-bond acceptors (Lipinski definition) is 6. The molecule has 0 N–H and O–H groups in total. The number of rotatable bonds is 4. The summed E-state index contributed by atoms with van der Waals surface area (Å²) in [4.78, 5) is 32.3. The average Bonchev–Trinajstić information content (AvgIpc) is 3.15. The quantitative estimate of drug-likeness (QED) is 0.811. The number of carbonyl (C=O) groups excluding carboxylic acids is 2. The van der Waals surface area contributed by atoms with Crippen LogP contribution in [-0.2, 0) is 4.74 Å². The van der Waals surface area contributed by atoms with Gasteiger partial charge in [0.05, 0.1) is 6.61 Å². The first-order chi connectivity index (χ1) is 12.2. The molecule has 0 radical (unpaired) electrons. The van der Waals surface area contributed by atoms with Crippen molar-refractivity contribution in [1.82, 2.24) is 14.8 Å². The van der Waals surface area contributed by atoms with Crippen LogP contribution in [0.5, 0.6) is 5.88 Å². The summed E-state index contributed by atoms with van der Waals surface area (Å²) in [6, 6.07) is 3.50. The lowest BCUT2D eigenvalue weighted by molar-refractivity contribution is 0.0564. The Kier molecular flexibility index (Phi) is 6.01. The van der Waals surface area contributed by atoms with Crippen LogP contribution in [0.2, 0.25) is 0 Å². The highest BCUT2D eigenvalue weighted by atomic mass is 32.2. The molecule has 7 nitrogen and oxygen atoms in total. The third-order valence-corrected chi connectivity index (χ3v) is 5.39. The highest BCUT2D eigenvalue weighted by Crippen LogP contribution is 2.25. The zero-order valence-corrected chi connectivity index (χ0v) is 15.2. The van der Waals surface area contributed by atoms with Gasteiger partial charge in [-0.3, -0.25) is 4.79 Å². The predicted octanol–water partition coefficient (Wildman–Crippen LogP) is 1.88. The van der Waals surface area contributed by atoms with Gasteiger partial charge in [0, 0.05) is 38.1 Å². The van der Waals surface area contributed by atoms with E-state index in [-0.39, 0.29) is 18.1 Å². The molecule has 3 heterocycles. The molecule has 2 saturated heterocycles. The number of piperazine rings is 1. The van der Waals surface area contributed by atoms with E-state index < -0.39 is 0 Å². The molecule has 0 aliphatic carbocycles. The Hall–Kier alpha value is -1.96. The molecule has 2 amide bonds. The summed E-state index contributed by atoms with van der Waals surface area (Å²) in [5.41, 5.74) is 0.490. The lowest BCUT2D eigenvalue weighted by Gasteiger charge is -2.34. The largest absolute Gasteiger partial charge is 0.473 e. The molecule has 0 spiro atoms. The van der Waals surface area contributed by atoms with Crippen molar-refractivity contribution in [3.8, 4) is 5.88 Å². The van der Waals surface area contributed by atoms with Crippen molar-refractivity contribution < 1.29 is 19.1 Å². The van der Waals surface area contributed by atoms with Gasteiger partial charge < -0.3 is 19.3 Å². The summed E-state index contributed by atoms with van der Waals surface area (Å²) in [5.74, 6) is 2.32. The van der Waals surface area contributed by atoms with Gasteiger partial charge >= 0.3 is 6.09 Å². The molecule has 1 aromatic heterocycles. The fourth-order valence-electron chi connectivity index (χ4n) is 2.89. The molecule has 0 bridgehead atoms. The van der Waals surface area contributed by atoms with E-state index in [9.17, 15) is 9.59 Å². The van der Waals surface area contributed by atoms with E-state index >= 15 is 0 Å². The van der Waals surface area contributed by atoms with Crippen LogP contribution in [0.3, 0.4) is 0 Å². The Morgan fingerprint density at radius 1 is 1.28 bits per heavy atom. The van der Waals surface area contributed by atoms with E-state index in [1.165, 1.54) is 0 Å². The maximum Gasteiger partial charge on any atom is 0.409 e. The molecular formula is C17H23N3O4S. The minimum atomic E-state index is -0.321. The van der Waals surface area contributed by atoms with Gasteiger partial charge in [-0.25, -0.2) is 9.78 Å². The van der Waals surface area contributed by atoms with Crippen LogP contribution in [-0.4, -0.2) is 77.2 Å². The second-order valence-corrected chi connectivity index (χ2v) is 7.09. The second kappa shape index (κ2) is 8.42. The monoisotopic (exact) mass is 365 g/mol. The summed E-state index contributed by atoms with van der Waals surface area (Å²) in [6.45, 7) is 4.04. The van der Waals surface area contributed by atoms with Gasteiger partial charge in [-0.2, -0.15) is 11.8 Å². The molecule has 3 rings (SSSR count). The number of hydrogen-bond donors (Lipinski definition) is 0. The van der Waals surface area contributed by atoms with E-state index in [1.807, 2.05) is 11.8 Å². The number of nitrogens with zero attached hydrogens (tertiary/aromatic N) is 3. The first-order valence-electron chi connectivity index (χ1n) is 8.59. The normalized spacial score (nSPS) is 20.4. The Labute approximate surface area is 151 Å². The molecule has 2 fully saturated rings. The summed E-state index contributed by atoms with van der Waals surface area (Å²) in [5, 5.41) is 0. The van der Waals surface area contributed by atoms with Crippen molar-refractivity contribution in [1.29, 1.82) is 0 Å². The van der Waals surface area contributed by atoms with Crippen molar-refractivity contribution in [2.24, 2.45) is 0 Å². The highest BCUT2D eigenvalue weighted by Gasteiger charge is 2.28. The zero-order chi connectivity index (χ0) is 17.6. The first-order valence-corrected chi connectivity index (χ1v) is 9.75. The van der Waals surface area contributed by atoms with Crippen LogP contribution in [0.15, 0.2) is 18.3 Å². The van der Waals surface area contributed by atoms with E-state index in [4.69, 9.17) is 9.47 Å². The molecule has 2 aliphatic rings. The highest BCUT2D eigenvalue weighted by molar-refractivity contribution is 7.99. The molecular weight excluding hydrogens is 342 g/mol. The van der Waals surface area contributed by atoms with Crippen molar-refractivity contribution >= 4 is 23.8 Å². The fraction of sp³-hybridized carbons (Fsp3) is 0.588. The van der Waals surface area contributed by atoms with Crippen molar-refractivity contribution in [2.75, 3.05) is 44.3 Å². The van der Waals surface area contributed by atoms with Crippen molar-refractivity contribution in [2.45, 2.75) is 19.4 Å². The molecule has 8 heteroatoms. The summed E-state index contributed by atoms with van der Waals surface area (Å²) >= 11 is 1.85. The molecule has 136 valence electrons. The Morgan fingerprint density at radius 3 is 2.72 bits per heavy atom. The molecule has 25 heavy (non-hydrogen) atoms. The van der Waals surface area contributed by atoms with Gasteiger partial charge in [0.15, 0.2) is 0 Å². The minimum Gasteiger partial charge on any atom is -0.473 e. The summed E-state index contributed by atoms with van der Waals surface area (Å²) in [7, 11) is 0. The van der Waals surface area contributed by atoms with Crippen LogP contribution < -0.4 is 4.74 Å². The van der Waals surface area contributed by atoms with Crippen molar-refractivity contribution in [3.63, 3.8) is 0 Å². The maximum atomic E-state index is 12.9. The van der Waals surface area contributed by atoms with E-state index in [1.54, 1.807) is 35.1 Å². The Balaban J connectivity index is 1.63. The van der Waals surface area contributed by atoms with Crippen LogP contribution in [0.4, 0.5) is 4.79 Å². The third kappa shape index (κ3) is 4.36. The molecule has 0 aromatic carbocycles. The smallest absolute Gasteiger partial charge is 0.409 e. The molecule has 0 unspecified atom stereocenters. The zero-order valence-electron chi connectivity index (χ0n) is 14.3. The predicted molar refractivity (Wildman–Crippen MR) is 95.1 cm³/mol. The van der Waals surface area contributed by atoms with Gasteiger partial charge in [0.25, 0.3) is 5.91 Å². The lowest BCUT2D eigenvalue weighted by Crippen LogP contribution is -2.50. The number of carbonyl (C=O) groups is 2. The number of thioether (sulfide) groups is 1. The lowest BCUT2D eigenvalue weighted by atomic mass is 10.2. The van der Waals surface area contributed by atoms with E-state index in [0.29, 0.717) is 44.2 Å². The fourth-order valence-corrected chi connectivity index (χ4v) is 3.98. The molecule has 2 aliphatic heterocycles. The van der Waals surface area contributed by atoms with Gasteiger partial charge in [0.2, 0.25) is 5.88 Å². The van der Waals surface area contributed by atoms with Crippen molar-refractivity contribution in [3.05, 3.63) is 23.9 Å². The van der Waals surface area contributed by atoms with Crippen LogP contribution >= 0.6 is 11.8 Å². The standard InChI is InChI=1S/C17H23N3O4S/c1-2-23-17(22)20-9-7-19(8-10-20)16(21)14-4-3-6-18-15(14)24-13-5-11-25-12-13/h3-4,6,13H,2,5,7-12H2,1H3/t13-/m0/s1. The SMILES string of the molecule is CCOC(=O)N1CCN(C(=O)c2cccnc2O[C@H]2CCSC2)CC1. The van der Waals surface area contributed by atoms with Crippen LogP contribution in [0, 0.1) is 0 Å². The maximum absolute atomic E-state index is 12.9. The van der Waals surface area contributed by atoms with Gasteiger partial charge in [-0.1, -0.05) is 0 Å². The molecule has 1 atom stereocenters. The number of pyridine rings is 1. The average molecular weight is 365 g/mol. The topological polar surface area (TPSA) is 72.0 Å². The Bertz CT molecular complexity index is 614. The third-order valence-electron chi connectivity index (χ3n) is 4.26. The molecule has 1 aromatic rings. The van der Waals surface area contributed by atoms with Crippen LogP contribution in [0.25, 0.3) is 0 Å². The van der Waals surface area contributed by atoms with E-state index in [0.717, 1.165) is 17.9 Å². The molecule has 0 saturated carbocycles. The summed E-state index contributed by atoms with van der Waals surface area (Å²) < 4.78 is 11.0. The number of aromatic nitrogens is 1.